The first-order chi connectivity index (χ1) is 15.6. The maximum atomic E-state index is 12.7. The average Bonchev–Trinajstić information content (AvgIpc) is 3.16. The molecular formula is C25H34N6O2. The highest BCUT2D eigenvalue weighted by Crippen LogP contribution is 2.26. The summed E-state index contributed by atoms with van der Waals surface area (Å²) in [6.07, 6.45) is 2.32. The third-order valence-electron chi connectivity index (χ3n) is 6.29. The number of rotatable bonds is 5. The van der Waals surface area contributed by atoms with E-state index >= 15 is 0 Å². The van der Waals surface area contributed by atoms with E-state index in [9.17, 15) is 9.59 Å². The molecule has 0 aliphatic carbocycles. The minimum atomic E-state index is -0.282. The Hall–Kier alpha value is -3.03. The number of nitrogens with one attached hydrogen (secondary N) is 1. The molecule has 1 saturated heterocycles. The minimum Gasteiger partial charge on any atom is -0.342 e. The Balaban J connectivity index is 1.58. The summed E-state index contributed by atoms with van der Waals surface area (Å²) in [5.41, 5.74) is 2.87. The summed E-state index contributed by atoms with van der Waals surface area (Å²) >= 11 is 0. The van der Waals surface area contributed by atoms with Gasteiger partial charge in [-0.15, -0.1) is 5.10 Å². The van der Waals surface area contributed by atoms with E-state index in [-0.39, 0.29) is 28.3 Å². The van der Waals surface area contributed by atoms with Crippen molar-refractivity contribution in [3.05, 3.63) is 51.6 Å². The van der Waals surface area contributed by atoms with Gasteiger partial charge in [0, 0.05) is 25.4 Å². The second-order valence-electron chi connectivity index (χ2n) is 10.6. The molecule has 176 valence electrons. The van der Waals surface area contributed by atoms with Gasteiger partial charge in [0.15, 0.2) is 11.2 Å². The second kappa shape index (κ2) is 9.08. The van der Waals surface area contributed by atoms with Crippen LogP contribution in [0.25, 0.3) is 11.2 Å². The van der Waals surface area contributed by atoms with Crippen molar-refractivity contribution in [2.75, 3.05) is 13.1 Å². The summed E-state index contributed by atoms with van der Waals surface area (Å²) in [5.74, 6) is 1.11. The van der Waals surface area contributed by atoms with Gasteiger partial charge in [0.05, 0.1) is 6.54 Å². The maximum absolute atomic E-state index is 12.7. The molecule has 8 nitrogen and oxygen atoms in total. The Bertz CT molecular complexity index is 1190. The van der Waals surface area contributed by atoms with E-state index in [1.54, 1.807) is 4.68 Å². The predicted molar refractivity (Wildman–Crippen MR) is 128 cm³/mol. The van der Waals surface area contributed by atoms with E-state index in [4.69, 9.17) is 4.98 Å². The number of fused-ring (bicyclic) bond motifs is 1. The van der Waals surface area contributed by atoms with Crippen LogP contribution in [0.5, 0.6) is 0 Å². The molecule has 1 amide bonds. The SMILES string of the molecule is CC(C)CC(=O)N1CCCC(c2nc3c(nnn3Cc3ccc(C(C)(C)C)cc3)c(=O)[nH]2)C1. The van der Waals surface area contributed by atoms with Crippen molar-refractivity contribution < 1.29 is 4.79 Å². The van der Waals surface area contributed by atoms with E-state index in [0.717, 1.165) is 24.9 Å². The number of aromatic amines is 1. The lowest BCUT2D eigenvalue weighted by molar-refractivity contribution is -0.133. The molecule has 3 aromatic rings. The molecule has 1 fully saturated rings. The van der Waals surface area contributed by atoms with Crippen molar-refractivity contribution in [1.29, 1.82) is 0 Å². The quantitative estimate of drug-likeness (QED) is 0.640. The number of nitrogens with zero attached hydrogens (tertiary/aromatic N) is 5. The molecule has 33 heavy (non-hydrogen) atoms. The number of amides is 1. The zero-order valence-electron chi connectivity index (χ0n) is 20.3. The molecule has 1 aromatic carbocycles. The molecule has 0 spiro atoms. The second-order valence-corrected chi connectivity index (χ2v) is 10.6. The van der Waals surface area contributed by atoms with E-state index < -0.39 is 0 Å². The van der Waals surface area contributed by atoms with Crippen LogP contribution in [0.4, 0.5) is 0 Å². The van der Waals surface area contributed by atoms with Crippen molar-refractivity contribution in [3.63, 3.8) is 0 Å². The fraction of sp³-hybridized carbons (Fsp3) is 0.560. The van der Waals surface area contributed by atoms with E-state index in [0.29, 0.717) is 36.9 Å². The Morgan fingerprint density at radius 2 is 1.94 bits per heavy atom. The molecule has 0 bridgehead atoms. The summed E-state index contributed by atoms with van der Waals surface area (Å²) in [7, 11) is 0. The molecule has 3 heterocycles. The largest absolute Gasteiger partial charge is 0.342 e. The predicted octanol–water partition coefficient (Wildman–Crippen LogP) is 3.61. The van der Waals surface area contributed by atoms with Gasteiger partial charge in [0.1, 0.15) is 5.82 Å². The van der Waals surface area contributed by atoms with Gasteiger partial charge < -0.3 is 9.88 Å². The van der Waals surface area contributed by atoms with Gasteiger partial charge >= 0.3 is 0 Å². The fourth-order valence-corrected chi connectivity index (χ4v) is 4.37. The van der Waals surface area contributed by atoms with Gasteiger partial charge in [-0.3, -0.25) is 9.59 Å². The monoisotopic (exact) mass is 450 g/mol. The molecule has 2 aromatic heterocycles. The zero-order valence-corrected chi connectivity index (χ0v) is 20.3. The fourth-order valence-electron chi connectivity index (χ4n) is 4.37. The number of aromatic nitrogens is 5. The third-order valence-corrected chi connectivity index (χ3v) is 6.29. The van der Waals surface area contributed by atoms with Crippen LogP contribution in [-0.4, -0.2) is 48.9 Å². The summed E-state index contributed by atoms with van der Waals surface area (Å²) in [6, 6.07) is 8.43. The van der Waals surface area contributed by atoms with Crippen molar-refractivity contribution in [1.82, 2.24) is 29.9 Å². The van der Waals surface area contributed by atoms with Crippen molar-refractivity contribution >= 4 is 17.1 Å². The molecular weight excluding hydrogens is 416 g/mol. The molecule has 0 saturated carbocycles. The van der Waals surface area contributed by atoms with Gasteiger partial charge in [-0.1, -0.05) is 64.1 Å². The third kappa shape index (κ3) is 5.15. The maximum Gasteiger partial charge on any atom is 0.281 e. The van der Waals surface area contributed by atoms with Crippen LogP contribution >= 0.6 is 0 Å². The highest BCUT2D eigenvalue weighted by molar-refractivity contribution is 5.76. The number of piperidine rings is 1. The topological polar surface area (TPSA) is 96.8 Å². The summed E-state index contributed by atoms with van der Waals surface area (Å²) in [4.78, 5) is 34.9. The number of H-pyrrole nitrogens is 1. The van der Waals surface area contributed by atoms with Gasteiger partial charge in [-0.05, 0) is 35.3 Å². The molecule has 8 heteroatoms. The first kappa shape index (κ1) is 23.1. The van der Waals surface area contributed by atoms with Crippen molar-refractivity contribution in [2.24, 2.45) is 5.92 Å². The highest BCUT2D eigenvalue weighted by Gasteiger charge is 2.27. The van der Waals surface area contributed by atoms with Gasteiger partial charge in [-0.25, -0.2) is 9.67 Å². The Morgan fingerprint density at radius 1 is 1.21 bits per heavy atom. The van der Waals surface area contributed by atoms with Crippen LogP contribution in [0.1, 0.15) is 76.8 Å². The van der Waals surface area contributed by atoms with E-state index in [1.807, 2.05) is 4.90 Å². The number of carbonyl (C=O) groups is 1. The summed E-state index contributed by atoms with van der Waals surface area (Å²) in [6.45, 7) is 12.5. The first-order valence-electron chi connectivity index (χ1n) is 11.8. The van der Waals surface area contributed by atoms with Crippen LogP contribution in [0.15, 0.2) is 29.1 Å². The smallest absolute Gasteiger partial charge is 0.281 e. The van der Waals surface area contributed by atoms with Gasteiger partial charge in [0.2, 0.25) is 5.91 Å². The summed E-state index contributed by atoms with van der Waals surface area (Å²) in [5, 5.41) is 8.28. The molecule has 0 radical (unpaired) electrons. The molecule has 1 aliphatic heterocycles. The molecule has 1 unspecified atom stereocenters. The lowest BCUT2D eigenvalue weighted by atomic mass is 9.87. The number of hydrogen-bond donors (Lipinski definition) is 1. The van der Waals surface area contributed by atoms with Crippen LogP contribution in [-0.2, 0) is 16.8 Å². The standard InChI is InChI=1S/C25H34N6O2/c1-16(2)13-20(32)30-12-6-7-18(15-30)22-26-23-21(24(33)27-22)28-29-31(23)14-17-8-10-19(11-9-17)25(3,4)5/h8-11,16,18H,6-7,12-15H2,1-5H3,(H,26,27,33). The molecule has 1 atom stereocenters. The Labute approximate surface area is 194 Å². The normalized spacial score (nSPS) is 17.2. The number of likely N-dealkylation sites (tertiary alicyclic amines) is 1. The Kier molecular flexibility index (Phi) is 6.36. The Morgan fingerprint density at radius 3 is 2.61 bits per heavy atom. The number of hydrogen-bond acceptors (Lipinski definition) is 5. The molecule has 4 rings (SSSR count). The molecule has 1 N–H and O–H groups in total. The first-order valence-corrected chi connectivity index (χ1v) is 11.8. The van der Waals surface area contributed by atoms with Crippen LogP contribution in [0, 0.1) is 5.92 Å². The number of benzene rings is 1. The van der Waals surface area contributed by atoms with E-state index in [2.05, 4.69) is 74.2 Å². The summed E-state index contributed by atoms with van der Waals surface area (Å²) < 4.78 is 1.69. The van der Waals surface area contributed by atoms with Crippen molar-refractivity contribution in [2.45, 2.75) is 71.8 Å². The van der Waals surface area contributed by atoms with Crippen molar-refractivity contribution in [3.8, 4) is 0 Å². The van der Waals surface area contributed by atoms with Gasteiger partial charge in [0.25, 0.3) is 5.56 Å². The van der Waals surface area contributed by atoms with Crippen LogP contribution in [0.2, 0.25) is 0 Å². The van der Waals surface area contributed by atoms with Gasteiger partial charge in [-0.2, -0.15) is 0 Å². The molecule has 1 aliphatic rings. The van der Waals surface area contributed by atoms with E-state index in [1.165, 1.54) is 5.56 Å². The lowest BCUT2D eigenvalue weighted by Crippen LogP contribution is -2.40. The highest BCUT2D eigenvalue weighted by atomic mass is 16.2. The van der Waals surface area contributed by atoms with Crippen LogP contribution < -0.4 is 5.56 Å². The average molecular weight is 451 g/mol. The lowest BCUT2D eigenvalue weighted by Gasteiger charge is -2.32. The zero-order chi connectivity index (χ0) is 23.8. The van der Waals surface area contributed by atoms with Crippen LogP contribution in [0.3, 0.4) is 0 Å². The minimum absolute atomic E-state index is 0.00128. The number of carbonyl (C=O) groups excluding carboxylic acids is 1.